The standard InChI is InChI=1S/C23H22ClN5O3S/c1-13(8-16-6-7-20(24)33-16)28-15-4-2-14(3-5-15)19(9-21(30)31)29-23(32)18-11-26-22-17(18)10-25-12-27-22/h2-7,10-13,19,28H,8-9H2,1H3,(H,29,32)(H,30,31)(H,25,26,27)/t13-,19+/m0/s1. The second-order valence-electron chi connectivity index (χ2n) is 7.69. The Hall–Kier alpha value is -3.43. The number of carboxylic acids is 1. The average Bonchev–Trinajstić information content (AvgIpc) is 3.39. The Labute approximate surface area is 199 Å². The van der Waals surface area contributed by atoms with Gasteiger partial charge in [0.1, 0.15) is 12.0 Å². The normalized spacial score (nSPS) is 12.9. The number of carboxylic acid groups (broad SMARTS) is 1. The molecule has 0 aliphatic carbocycles. The van der Waals surface area contributed by atoms with Gasteiger partial charge in [0.15, 0.2) is 0 Å². The van der Waals surface area contributed by atoms with Crippen LogP contribution in [0.4, 0.5) is 5.69 Å². The Morgan fingerprint density at radius 3 is 2.70 bits per heavy atom. The van der Waals surface area contributed by atoms with E-state index < -0.39 is 17.9 Å². The zero-order valence-corrected chi connectivity index (χ0v) is 19.3. The van der Waals surface area contributed by atoms with Gasteiger partial charge in [-0.2, -0.15) is 0 Å². The topological polar surface area (TPSA) is 120 Å². The number of aromatic amines is 1. The highest BCUT2D eigenvalue weighted by Gasteiger charge is 2.21. The van der Waals surface area contributed by atoms with E-state index in [-0.39, 0.29) is 12.5 Å². The quantitative estimate of drug-likeness (QED) is 0.275. The molecule has 10 heteroatoms. The van der Waals surface area contributed by atoms with Crippen molar-refractivity contribution in [2.24, 2.45) is 0 Å². The van der Waals surface area contributed by atoms with E-state index in [4.69, 9.17) is 11.6 Å². The lowest BCUT2D eigenvalue weighted by Gasteiger charge is -2.19. The highest BCUT2D eigenvalue weighted by atomic mass is 35.5. The highest BCUT2D eigenvalue weighted by molar-refractivity contribution is 7.16. The Kier molecular flexibility index (Phi) is 6.90. The third-order valence-corrected chi connectivity index (χ3v) is 6.40. The zero-order valence-electron chi connectivity index (χ0n) is 17.7. The predicted molar refractivity (Wildman–Crippen MR) is 129 cm³/mol. The van der Waals surface area contributed by atoms with Crippen LogP contribution in [-0.2, 0) is 11.2 Å². The minimum atomic E-state index is -1.01. The molecule has 2 atom stereocenters. The van der Waals surface area contributed by atoms with Gasteiger partial charge in [-0.25, -0.2) is 9.97 Å². The van der Waals surface area contributed by atoms with E-state index in [2.05, 4.69) is 32.5 Å². The summed E-state index contributed by atoms with van der Waals surface area (Å²) in [6.07, 6.45) is 5.07. The fraction of sp³-hybridized carbons (Fsp3) is 0.217. The summed E-state index contributed by atoms with van der Waals surface area (Å²) in [5, 5.41) is 16.2. The van der Waals surface area contributed by atoms with E-state index in [0.29, 0.717) is 22.2 Å². The van der Waals surface area contributed by atoms with Crippen LogP contribution in [-0.4, -0.2) is 38.0 Å². The van der Waals surface area contributed by atoms with Crippen LogP contribution in [0.3, 0.4) is 0 Å². The Bertz CT molecular complexity index is 1270. The number of hydrogen-bond donors (Lipinski definition) is 4. The first-order chi connectivity index (χ1) is 15.9. The van der Waals surface area contributed by atoms with Gasteiger partial charge in [-0.15, -0.1) is 11.3 Å². The zero-order chi connectivity index (χ0) is 23.4. The fourth-order valence-corrected chi connectivity index (χ4v) is 4.84. The molecule has 4 rings (SSSR count). The number of rotatable bonds is 9. The van der Waals surface area contributed by atoms with Crippen molar-refractivity contribution in [2.75, 3.05) is 5.32 Å². The molecule has 0 aliphatic rings. The van der Waals surface area contributed by atoms with Crippen molar-refractivity contribution >= 4 is 51.5 Å². The molecule has 3 heterocycles. The number of anilines is 1. The van der Waals surface area contributed by atoms with Crippen LogP contribution in [0.1, 0.15) is 40.2 Å². The number of hydrogen-bond acceptors (Lipinski definition) is 6. The number of amides is 1. The van der Waals surface area contributed by atoms with E-state index >= 15 is 0 Å². The number of fused-ring (bicyclic) bond motifs is 1. The largest absolute Gasteiger partial charge is 0.481 e. The number of carbonyl (C=O) groups is 2. The molecule has 0 fully saturated rings. The first-order valence-corrected chi connectivity index (χ1v) is 11.5. The van der Waals surface area contributed by atoms with E-state index in [9.17, 15) is 14.7 Å². The summed E-state index contributed by atoms with van der Waals surface area (Å²) in [5.41, 5.74) is 2.51. The summed E-state index contributed by atoms with van der Waals surface area (Å²) in [4.78, 5) is 36.5. The number of benzene rings is 1. The van der Waals surface area contributed by atoms with Crippen molar-refractivity contribution in [3.8, 4) is 0 Å². The number of aliphatic carboxylic acids is 1. The molecule has 1 amide bonds. The van der Waals surface area contributed by atoms with Gasteiger partial charge >= 0.3 is 5.97 Å². The van der Waals surface area contributed by atoms with Crippen LogP contribution in [0.25, 0.3) is 11.0 Å². The number of thiophene rings is 1. The fourth-order valence-electron chi connectivity index (χ4n) is 3.62. The molecule has 33 heavy (non-hydrogen) atoms. The van der Waals surface area contributed by atoms with Crippen molar-refractivity contribution in [2.45, 2.75) is 31.8 Å². The molecule has 4 aromatic rings. The van der Waals surface area contributed by atoms with Crippen LogP contribution in [0.5, 0.6) is 0 Å². The van der Waals surface area contributed by atoms with Crippen LogP contribution in [0.15, 0.2) is 55.1 Å². The van der Waals surface area contributed by atoms with Gasteiger partial charge in [0.05, 0.1) is 22.4 Å². The molecule has 0 radical (unpaired) electrons. The minimum Gasteiger partial charge on any atom is -0.481 e. The van der Waals surface area contributed by atoms with Crippen molar-refractivity contribution in [3.05, 3.63) is 75.5 Å². The third kappa shape index (κ3) is 5.68. The number of H-pyrrole nitrogens is 1. The second kappa shape index (κ2) is 10.0. The Morgan fingerprint density at radius 1 is 1.21 bits per heavy atom. The van der Waals surface area contributed by atoms with E-state index in [1.54, 1.807) is 23.7 Å². The van der Waals surface area contributed by atoms with Crippen LogP contribution in [0, 0.1) is 0 Å². The van der Waals surface area contributed by atoms with Gasteiger partial charge in [0, 0.05) is 40.8 Å². The summed E-state index contributed by atoms with van der Waals surface area (Å²) < 4.78 is 0.772. The first kappa shape index (κ1) is 22.8. The summed E-state index contributed by atoms with van der Waals surface area (Å²) in [5.74, 6) is -1.40. The Balaban J connectivity index is 1.45. The predicted octanol–water partition coefficient (Wildman–Crippen LogP) is 4.66. The van der Waals surface area contributed by atoms with Crippen LogP contribution >= 0.6 is 22.9 Å². The molecule has 0 saturated carbocycles. The maximum absolute atomic E-state index is 12.9. The van der Waals surface area contributed by atoms with E-state index in [1.165, 1.54) is 11.2 Å². The molecule has 0 bridgehead atoms. The van der Waals surface area contributed by atoms with Gasteiger partial charge in [-0.3, -0.25) is 9.59 Å². The van der Waals surface area contributed by atoms with Crippen molar-refractivity contribution in [1.82, 2.24) is 20.3 Å². The monoisotopic (exact) mass is 483 g/mol. The van der Waals surface area contributed by atoms with Gasteiger partial charge < -0.3 is 20.7 Å². The van der Waals surface area contributed by atoms with Gasteiger partial charge in [0.2, 0.25) is 0 Å². The molecule has 0 unspecified atom stereocenters. The lowest BCUT2D eigenvalue weighted by molar-refractivity contribution is -0.137. The first-order valence-electron chi connectivity index (χ1n) is 10.3. The lowest BCUT2D eigenvalue weighted by atomic mass is 10.0. The number of carbonyl (C=O) groups excluding carboxylic acids is 1. The summed E-state index contributed by atoms with van der Waals surface area (Å²) in [7, 11) is 0. The molecule has 0 saturated heterocycles. The SMILES string of the molecule is C[C@@H](Cc1ccc(Cl)s1)Nc1ccc([C@@H](CC(=O)O)NC(=O)c2c[nH]c3ncncc23)cc1. The molecule has 170 valence electrons. The molecular formula is C23H22ClN5O3S. The number of aromatic nitrogens is 3. The molecule has 1 aromatic carbocycles. The number of halogens is 1. The maximum atomic E-state index is 12.9. The molecule has 4 N–H and O–H groups in total. The average molecular weight is 484 g/mol. The summed E-state index contributed by atoms with van der Waals surface area (Å²) in [6.45, 7) is 2.08. The minimum absolute atomic E-state index is 0.184. The summed E-state index contributed by atoms with van der Waals surface area (Å²) >= 11 is 7.57. The maximum Gasteiger partial charge on any atom is 0.305 e. The van der Waals surface area contributed by atoms with E-state index in [0.717, 1.165) is 16.4 Å². The van der Waals surface area contributed by atoms with Crippen molar-refractivity contribution in [1.29, 1.82) is 0 Å². The molecular weight excluding hydrogens is 462 g/mol. The Morgan fingerprint density at radius 2 is 2.00 bits per heavy atom. The number of nitrogens with zero attached hydrogens (tertiary/aromatic N) is 2. The molecule has 3 aromatic heterocycles. The second-order valence-corrected chi connectivity index (χ2v) is 9.49. The summed E-state index contributed by atoms with van der Waals surface area (Å²) in [6, 6.07) is 10.8. The van der Waals surface area contributed by atoms with Gasteiger partial charge in [-0.1, -0.05) is 23.7 Å². The van der Waals surface area contributed by atoms with Crippen LogP contribution < -0.4 is 10.6 Å². The van der Waals surface area contributed by atoms with E-state index in [1.807, 2.05) is 36.4 Å². The molecule has 0 aliphatic heterocycles. The van der Waals surface area contributed by atoms with Crippen molar-refractivity contribution in [3.63, 3.8) is 0 Å². The molecule has 8 nitrogen and oxygen atoms in total. The van der Waals surface area contributed by atoms with Crippen LogP contribution in [0.2, 0.25) is 4.34 Å². The number of nitrogens with one attached hydrogen (secondary N) is 3. The van der Waals surface area contributed by atoms with Gasteiger partial charge in [-0.05, 0) is 36.8 Å². The van der Waals surface area contributed by atoms with Gasteiger partial charge in [0.25, 0.3) is 5.91 Å². The lowest BCUT2D eigenvalue weighted by Crippen LogP contribution is -2.30. The molecule has 0 spiro atoms. The van der Waals surface area contributed by atoms with Crippen molar-refractivity contribution < 1.29 is 14.7 Å². The third-order valence-electron chi connectivity index (χ3n) is 5.15. The highest BCUT2D eigenvalue weighted by Crippen LogP contribution is 2.25. The smallest absolute Gasteiger partial charge is 0.305 e.